The molecule has 1 fully saturated rings. The van der Waals surface area contributed by atoms with Crippen LogP contribution < -0.4 is 10.6 Å². The number of carbonyl (C=O) groups is 2. The highest BCUT2D eigenvalue weighted by atomic mass is 35.5. The molecule has 0 aromatic heterocycles. The molecule has 3 aromatic rings. The van der Waals surface area contributed by atoms with E-state index < -0.39 is 62.2 Å². The summed E-state index contributed by atoms with van der Waals surface area (Å²) < 4.78 is 79.1. The first-order valence-electron chi connectivity index (χ1n) is 10.4. The summed E-state index contributed by atoms with van der Waals surface area (Å²) in [5.41, 5.74) is -2.25. The number of hydrogen-bond donors (Lipinski definition) is 2. The third-order valence-corrected chi connectivity index (χ3v) is 7.36. The number of carbonyl (C=O) groups excluding carboxylic acids is 2. The van der Waals surface area contributed by atoms with Gasteiger partial charge in [0.1, 0.15) is 21.8 Å². The molecular formula is C24H12Cl4F6N2O2. The van der Waals surface area contributed by atoms with Crippen LogP contribution in [0.3, 0.4) is 0 Å². The lowest BCUT2D eigenvalue weighted by Crippen LogP contribution is -2.18. The van der Waals surface area contributed by atoms with E-state index in [0.29, 0.717) is 18.2 Å². The van der Waals surface area contributed by atoms with Gasteiger partial charge in [-0.25, -0.2) is 13.2 Å². The minimum Gasteiger partial charge on any atom is -0.326 e. The molecule has 14 heteroatoms. The smallest absolute Gasteiger partial charge is 0.326 e. The van der Waals surface area contributed by atoms with Gasteiger partial charge in [0.2, 0.25) is 5.91 Å². The molecule has 2 N–H and O–H groups in total. The van der Waals surface area contributed by atoms with E-state index in [9.17, 15) is 35.9 Å². The third-order valence-electron chi connectivity index (χ3n) is 5.71. The first kappa shape index (κ1) is 28.4. The summed E-state index contributed by atoms with van der Waals surface area (Å²) in [6.45, 7) is 0. The molecule has 0 aliphatic heterocycles. The van der Waals surface area contributed by atoms with E-state index in [1.165, 1.54) is 12.1 Å². The highest BCUT2D eigenvalue weighted by Gasteiger charge is 2.68. The summed E-state index contributed by atoms with van der Waals surface area (Å²) in [5, 5.41) is 3.43. The molecule has 0 heterocycles. The number of halogens is 10. The van der Waals surface area contributed by atoms with Crippen LogP contribution in [-0.4, -0.2) is 16.1 Å². The van der Waals surface area contributed by atoms with Gasteiger partial charge >= 0.3 is 6.18 Å². The van der Waals surface area contributed by atoms with Gasteiger partial charge in [0.25, 0.3) is 5.91 Å². The van der Waals surface area contributed by atoms with Crippen LogP contribution in [0.15, 0.2) is 48.5 Å². The highest BCUT2D eigenvalue weighted by Crippen LogP contribution is 2.65. The van der Waals surface area contributed by atoms with Crippen molar-refractivity contribution in [2.45, 2.75) is 16.4 Å². The Kier molecular flexibility index (Phi) is 7.57. The van der Waals surface area contributed by atoms with Gasteiger partial charge in [0, 0.05) is 17.7 Å². The third kappa shape index (κ3) is 5.54. The van der Waals surface area contributed by atoms with Crippen molar-refractivity contribution < 1.29 is 35.9 Å². The van der Waals surface area contributed by atoms with Gasteiger partial charge in [-0.3, -0.25) is 9.59 Å². The molecule has 1 saturated carbocycles. The summed E-state index contributed by atoms with van der Waals surface area (Å²) in [5.74, 6) is -7.50. The van der Waals surface area contributed by atoms with Crippen LogP contribution in [0.4, 0.5) is 37.7 Å². The van der Waals surface area contributed by atoms with Crippen molar-refractivity contribution in [3.05, 3.63) is 92.7 Å². The predicted molar refractivity (Wildman–Crippen MR) is 131 cm³/mol. The zero-order chi connectivity index (χ0) is 28.2. The summed E-state index contributed by atoms with van der Waals surface area (Å²) >= 11 is 23.8. The maximum Gasteiger partial charge on any atom is 0.417 e. The lowest BCUT2D eigenvalue weighted by atomic mass is 10.0. The average molecular weight is 616 g/mol. The van der Waals surface area contributed by atoms with Crippen molar-refractivity contribution in [1.29, 1.82) is 0 Å². The Morgan fingerprint density at radius 3 is 2.18 bits per heavy atom. The number of nitrogens with one attached hydrogen (secondary N) is 2. The molecule has 0 radical (unpaired) electrons. The zero-order valence-electron chi connectivity index (χ0n) is 18.4. The summed E-state index contributed by atoms with van der Waals surface area (Å²) in [7, 11) is 0. The first-order chi connectivity index (χ1) is 17.6. The van der Waals surface area contributed by atoms with E-state index in [1.54, 1.807) is 0 Å². The minimum atomic E-state index is -4.97. The van der Waals surface area contributed by atoms with E-state index >= 15 is 0 Å². The molecule has 0 saturated heterocycles. The normalized spacial score (nSPS) is 18.2. The van der Waals surface area contributed by atoms with Crippen LogP contribution in [-0.2, 0) is 11.0 Å². The second kappa shape index (κ2) is 10.1. The number of amides is 2. The molecule has 1 aliphatic carbocycles. The lowest BCUT2D eigenvalue weighted by molar-refractivity contribution is -0.137. The molecule has 200 valence electrons. The fourth-order valence-electron chi connectivity index (χ4n) is 3.84. The Morgan fingerprint density at radius 1 is 0.868 bits per heavy atom. The van der Waals surface area contributed by atoms with Gasteiger partial charge in [-0.05, 0) is 48.0 Å². The topological polar surface area (TPSA) is 58.2 Å². The SMILES string of the molecule is O=C(Nc1ccc(F)cc1F)c1cc(NC(=O)[C@H]2[C@@H](c3cc(F)c(Cl)c(C(F)(F)F)c3)C2(Cl)Cl)ccc1Cl. The van der Waals surface area contributed by atoms with Crippen LogP contribution in [0.25, 0.3) is 0 Å². The Labute approximate surface area is 230 Å². The molecule has 1 aliphatic rings. The zero-order valence-corrected chi connectivity index (χ0v) is 21.4. The molecule has 0 spiro atoms. The Bertz CT molecular complexity index is 1460. The van der Waals surface area contributed by atoms with E-state index in [1.807, 2.05) is 0 Å². The molecule has 4 rings (SSSR count). The van der Waals surface area contributed by atoms with Gasteiger partial charge in [-0.2, -0.15) is 13.2 Å². The Balaban J connectivity index is 1.55. The van der Waals surface area contributed by atoms with Crippen molar-refractivity contribution >= 4 is 69.6 Å². The van der Waals surface area contributed by atoms with Crippen LogP contribution in [0.1, 0.15) is 27.4 Å². The lowest BCUT2D eigenvalue weighted by Gasteiger charge is -2.12. The highest BCUT2D eigenvalue weighted by molar-refractivity contribution is 6.53. The van der Waals surface area contributed by atoms with E-state index in [0.717, 1.165) is 18.2 Å². The maximum absolute atomic E-state index is 14.1. The van der Waals surface area contributed by atoms with Crippen LogP contribution in [0, 0.1) is 23.4 Å². The quantitative estimate of drug-likeness (QED) is 0.224. The molecule has 2 atom stereocenters. The van der Waals surface area contributed by atoms with E-state index in [4.69, 9.17) is 46.4 Å². The second-order valence-electron chi connectivity index (χ2n) is 8.25. The first-order valence-corrected chi connectivity index (χ1v) is 11.9. The summed E-state index contributed by atoms with van der Waals surface area (Å²) in [6.07, 6.45) is -4.97. The van der Waals surface area contributed by atoms with Crippen molar-refractivity contribution in [2.24, 2.45) is 5.92 Å². The van der Waals surface area contributed by atoms with Gasteiger partial charge in [-0.15, -0.1) is 23.2 Å². The molecular weight excluding hydrogens is 604 g/mol. The van der Waals surface area contributed by atoms with Crippen molar-refractivity contribution in [1.82, 2.24) is 0 Å². The van der Waals surface area contributed by atoms with Gasteiger partial charge in [0.15, 0.2) is 0 Å². The van der Waals surface area contributed by atoms with Crippen molar-refractivity contribution in [3.63, 3.8) is 0 Å². The second-order valence-corrected chi connectivity index (χ2v) is 10.5. The van der Waals surface area contributed by atoms with Gasteiger partial charge in [-0.1, -0.05) is 23.2 Å². The van der Waals surface area contributed by atoms with Gasteiger partial charge in [0.05, 0.1) is 32.8 Å². The molecule has 2 amide bonds. The Morgan fingerprint density at radius 2 is 1.55 bits per heavy atom. The molecule has 0 unspecified atom stereocenters. The average Bonchev–Trinajstić information content (AvgIpc) is 3.39. The maximum atomic E-state index is 14.1. The van der Waals surface area contributed by atoms with E-state index in [-0.39, 0.29) is 27.5 Å². The molecule has 38 heavy (non-hydrogen) atoms. The number of alkyl halides is 5. The fraction of sp³-hybridized carbons (Fsp3) is 0.167. The fourth-order valence-corrected chi connectivity index (χ4v) is 5.09. The molecule has 0 bridgehead atoms. The Hall–Kier alpha value is -2.66. The van der Waals surface area contributed by atoms with Crippen LogP contribution in [0.2, 0.25) is 10.0 Å². The van der Waals surface area contributed by atoms with E-state index in [2.05, 4.69) is 10.6 Å². The van der Waals surface area contributed by atoms with Crippen molar-refractivity contribution in [2.75, 3.05) is 10.6 Å². The summed E-state index contributed by atoms with van der Waals surface area (Å²) in [4.78, 5) is 25.5. The molecule has 3 aromatic carbocycles. The number of rotatable bonds is 5. The van der Waals surface area contributed by atoms with Crippen LogP contribution >= 0.6 is 46.4 Å². The van der Waals surface area contributed by atoms with Gasteiger partial charge < -0.3 is 10.6 Å². The van der Waals surface area contributed by atoms with Crippen molar-refractivity contribution in [3.8, 4) is 0 Å². The number of hydrogen-bond acceptors (Lipinski definition) is 2. The molecule has 4 nitrogen and oxygen atoms in total. The minimum absolute atomic E-state index is 0.0113. The summed E-state index contributed by atoms with van der Waals surface area (Å²) in [6, 6.07) is 7.47. The number of benzene rings is 3. The monoisotopic (exact) mass is 614 g/mol. The predicted octanol–water partition coefficient (Wildman–Crippen LogP) is 8.21. The largest absolute Gasteiger partial charge is 0.417 e. The standard InChI is InChI=1S/C24H12Cl4F6N2O2/c25-14-3-2-11(8-12(14)21(37)36-17-4-1-10(29)7-15(17)30)35-22(38)19-18(23(19,27)28)9-5-13(24(32,33)34)20(26)16(31)6-9/h1-8,18-19H,(H,35,38)(H,36,37)/t18-,19-/m1/s1. The number of anilines is 2. The van der Waals surface area contributed by atoms with Crippen LogP contribution in [0.5, 0.6) is 0 Å².